The summed E-state index contributed by atoms with van der Waals surface area (Å²) in [6.45, 7) is 1.98. The molecule has 0 fully saturated rings. The Morgan fingerprint density at radius 1 is 1.08 bits per heavy atom. The quantitative estimate of drug-likeness (QED) is 0.668. The Labute approximate surface area is 160 Å². The Morgan fingerprint density at radius 2 is 1.88 bits per heavy atom. The van der Waals surface area contributed by atoms with Gasteiger partial charge in [0.15, 0.2) is 0 Å². The first-order valence-electron chi connectivity index (χ1n) is 7.77. The van der Waals surface area contributed by atoms with Crippen LogP contribution in [0.5, 0.6) is 0 Å². The third-order valence-corrected chi connectivity index (χ3v) is 3.97. The maximum Gasteiger partial charge on any atom is 0.257 e. The lowest BCUT2D eigenvalue weighted by atomic mass is 10.1. The average molecular weight is 388 g/mol. The SMILES string of the molecule is C[C@H](Nc1cncc(Cl)n1)c1cccc(NC(=O)c2cncc(Cl)c2)c1. The van der Waals surface area contributed by atoms with Gasteiger partial charge in [0.2, 0.25) is 0 Å². The number of hydrogen-bond acceptors (Lipinski definition) is 5. The van der Waals surface area contributed by atoms with Crippen molar-refractivity contribution < 1.29 is 4.79 Å². The topological polar surface area (TPSA) is 79.8 Å². The average Bonchev–Trinajstić information content (AvgIpc) is 2.62. The van der Waals surface area contributed by atoms with E-state index in [4.69, 9.17) is 23.2 Å². The highest BCUT2D eigenvalue weighted by atomic mass is 35.5. The summed E-state index contributed by atoms with van der Waals surface area (Å²) in [6.07, 6.45) is 6.01. The smallest absolute Gasteiger partial charge is 0.257 e. The zero-order valence-corrected chi connectivity index (χ0v) is 15.3. The summed E-state index contributed by atoms with van der Waals surface area (Å²) < 4.78 is 0. The number of carbonyl (C=O) groups excluding carboxylic acids is 1. The van der Waals surface area contributed by atoms with Crippen LogP contribution >= 0.6 is 23.2 Å². The van der Waals surface area contributed by atoms with Gasteiger partial charge in [-0.3, -0.25) is 14.8 Å². The van der Waals surface area contributed by atoms with Gasteiger partial charge in [0, 0.05) is 18.1 Å². The molecule has 0 aliphatic rings. The van der Waals surface area contributed by atoms with Crippen molar-refractivity contribution in [2.45, 2.75) is 13.0 Å². The Bertz CT molecular complexity index is 935. The summed E-state index contributed by atoms with van der Waals surface area (Å²) in [5.74, 6) is 0.294. The molecule has 1 aromatic carbocycles. The Balaban J connectivity index is 1.72. The van der Waals surface area contributed by atoms with Crippen LogP contribution < -0.4 is 10.6 Å². The van der Waals surface area contributed by atoms with E-state index in [2.05, 4.69) is 25.6 Å². The fourth-order valence-corrected chi connectivity index (χ4v) is 2.66. The van der Waals surface area contributed by atoms with E-state index in [0.717, 1.165) is 5.56 Å². The fraction of sp³-hybridized carbons (Fsp3) is 0.111. The number of carbonyl (C=O) groups is 1. The highest BCUT2D eigenvalue weighted by molar-refractivity contribution is 6.31. The molecular formula is C18H15Cl2N5O. The molecule has 0 aliphatic carbocycles. The van der Waals surface area contributed by atoms with Gasteiger partial charge in [-0.2, -0.15) is 0 Å². The van der Waals surface area contributed by atoms with E-state index in [-0.39, 0.29) is 11.9 Å². The molecule has 1 atom stereocenters. The second-order valence-electron chi connectivity index (χ2n) is 5.56. The molecule has 26 heavy (non-hydrogen) atoms. The summed E-state index contributed by atoms with van der Waals surface area (Å²) in [5.41, 5.74) is 2.02. The number of halogens is 2. The highest BCUT2D eigenvalue weighted by Crippen LogP contribution is 2.22. The first kappa shape index (κ1) is 18.1. The monoisotopic (exact) mass is 387 g/mol. The third kappa shape index (κ3) is 4.68. The van der Waals surface area contributed by atoms with Crippen molar-refractivity contribution >= 4 is 40.6 Å². The first-order valence-corrected chi connectivity index (χ1v) is 8.53. The lowest BCUT2D eigenvalue weighted by Gasteiger charge is -2.16. The van der Waals surface area contributed by atoms with E-state index in [0.29, 0.717) is 27.2 Å². The molecule has 2 aromatic heterocycles. The minimum absolute atomic E-state index is 0.0625. The van der Waals surface area contributed by atoms with Gasteiger partial charge < -0.3 is 10.6 Å². The molecule has 132 valence electrons. The molecule has 8 heteroatoms. The van der Waals surface area contributed by atoms with Crippen LogP contribution in [0.4, 0.5) is 11.5 Å². The summed E-state index contributed by atoms with van der Waals surface area (Å²) in [5, 5.41) is 6.79. The molecule has 2 heterocycles. The lowest BCUT2D eigenvalue weighted by Crippen LogP contribution is -2.13. The van der Waals surface area contributed by atoms with Crippen LogP contribution in [0, 0.1) is 0 Å². The summed E-state index contributed by atoms with van der Waals surface area (Å²) >= 11 is 11.7. The molecule has 6 nitrogen and oxygen atoms in total. The van der Waals surface area contributed by atoms with Crippen molar-refractivity contribution in [3.63, 3.8) is 0 Å². The highest BCUT2D eigenvalue weighted by Gasteiger charge is 2.10. The lowest BCUT2D eigenvalue weighted by molar-refractivity contribution is 0.102. The van der Waals surface area contributed by atoms with Crippen LogP contribution in [0.3, 0.4) is 0 Å². The number of pyridine rings is 1. The van der Waals surface area contributed by atoms with E-state index < -0.39 is 0 Å². The first-order chi connectivity index (χ1) is 12.5. The predicted octanol–water partition coefficient (Wildman–Crippen LogP) is 4.60. The number of nitrogens with one attached hydrogen (secondary N) is 2. The molecule has 1 amide bonds. The fourth-order valence-electron chi connectivity index (χ4n) is 2.34. The van der Waals surface area contributed by atoms with Crippen LogP contribution in [-0.4, -0.2) is 20.9 Å². The largest absolute Gasteiger partial charge is 0.362 e. The van der Waals surface area contributed by atoms with Crippen LogP contribution in [0.2, 0.25) is 10.2 Å². The van der Waals surface area contributed by atoms with Gasteiger partial charge in [0.05, 0.1) is 29.0 Å². The molecule has 0 saturated heterocycles. The number of nitrogens with zero attached hydrogens (tertiary/aromatic N) is 3. The number of aromatic nitrogens is 3. The zero-order chi connectivity index (χ0) is 18.5. The molecule has 0 radical (unpaired) electrons. The van der Waals surface area contributed by atoms with E-state index >= 15 is 0 Å². The second kappa shape index (κ2) is 8.12. The molecule has 3 rings (SSSR count). The van der Waals surface area contributed by atoms with E-state index in [1.165, 1.54) is 18.6 Å². The van der Waals surface area contributed by atoms with Crippen molar-refractivity contribution in [1.82, 2.24) is 15.0 Å². The van der Waals surface area contributed by atoms with Crippen LogP contribution in [-0.2, 0) is 0 Å². The van der Waals surface area contributed by atoms with Crippen LogP contribution in [0.15, 0.2) is 55.1 Å². The zero-order valence-electron chi connectivity index (χ0n) is 13.8. The van der Waals surface area contributed by atoms with Gasteiger partial charge >= 0.3 is 0 Å². The van der Waals surface area contributed by atoms with Crippen molar-refractivity contribution in [1.29, 1.82) is 0 Å². The molecule has 0 aliphatic heterocycles. The number of amides is 1. The minimum Gasteiger partial charge on any atom is -0.362 e. The molecule has 0 spiro atoms. The molecular weight excluding hydrogens is 373 g/mol. The normalized spacial score (nSPS) is 11.7. The third-order valence-electron chi connectivity index (χ3n) is 3.58. The molecule has 3 aromatic rings. The van der Waals surface area contributed by atoms with Gasteiger partial charge in [-0.1, -0.05) is 35.3 Å². The maximum atomic E-state index is 12.3. The van der Waals surface area contributed by atoms with Gasteiger partial charge in [0.25, 0.3) is 5.91 Å². The van der Waals surface area contributed by atoms with Crippen molar-refractivity contribution in [2.24, 2.45) is 0 Å². The summed E-state index contributed by atoms with van der Waals surface area (Å²) in [6, 6.07) is 9.01. The number of anilines is 2. The Morgan fingerprint density at radius 3 is 2.65 bits per heavy atom. The molecule has 0 unspecified atom stereocenters. The van der Waals surface area contributed by atoms with Gasteiger partial charge in [0.1, 0.15) is 11.0 Å². The van der Waals surface area contributed by atoms with E-state index in [9.17, 15) is 4.79 Å². The summed E-state index contributed by atoms with van der Waals surface area (Å²) in [7, 11) is 0. The van der Waals surface area contributed by atoms with Crippen LogP contribution in [0.1, 0.15) is 28.9 Å². The Hall–Kier alpha value is -2.70. The number of hydrogen-bond donors (Lipinski definition) is 2. The Kier molecular flexibility index (Phi) is 5.65. The standard InChI is InChI=1S/C18H15Cl2N5O/c1-11(23-17-10-22-9-16(20)25-17)12-3-2-4-15(6-12)24-18(26)13-5-14(19)8-21-7-13/h2-11H,1H3,(H,23,25)(H,24,26)/t11-/m0/s1. The van der Waals surface area contributed by atoms with Crippen molar-refractivity contribution in [3.8, 4) is 0 Å². The minimum atomic E-state index is -0.279. The van der Waals surface area contributed by atoms with Crippen molar-refractivity contribution in [2.75, 3.05) is 10.6 Å². The van der Waals surface area contributed by atoms with E-state index in [1.54, 1.807) is 12.3 Å². The van der Waals surface area contributed by atoms with Gasteiger partial charge in [-0.05, 0) is 30.7 Å². The maximum absolute atomic E-state index is 12.3. The van der Waals surface area contributed by atoms with E-state index in [1.807, 2.05) is 31.2 Å². The van der Waals surface area contributed by atoms with Gasteiger partial charge in [-0.25, -0.2) is 4.98 Å². The number of benzene rings is 1. The second-order valence-corrected chi connectivity index (χ2v) is 6.39. The number of rotatable bonds is 5. The molecule has 2 N–H and O–H groups in total. The van der Waals surface area contributed by atoms with Crippen LogP contribution in [0.25, 0.3) is 0 Å². The summed E-state index contributed by atoms with van der Waals surface area (Å²) in [4.78, 5) is 24.4. The van der Waals surface area contributed by atoms with Gasteiger partial charge in [-0.15, -0.1) is 0 Å². The molecule has 0 saturated carbocycles. The molecule has 0 bridgehead atoms. The van der Waals surface area contributed by atoms with Crippen molar-refractivity contribution in [3.05, 3.63) is 76.4 Å². The predicted molar refractivity (Wildman–Crippen MR) is 103 cm³/mol.